The topological polar surface area (TPSA) is 69.7 Å². The minimum absolute atomic E-state index is 0.0397. The molecular weight excluding hydrogens is 354 g/mol. The number of fused-ring (bicyclic) bond motifs is 1. The Hall–Kier alpha value is -2.86. The van der Waals surface area contributed by atoms with Crippen molar-refractivity contribution in [3.8, 4) is 0 Å². The number of anilines is 1. The predicted octanol–water partition coefficient (Wildman–Crippen LogP) is 2.29. The zero-order valence-electron chi connectivity index (χ0n) is 14.1. The van der Waals surface area contributed by atoms with Gasteiger partial charge in [0.15, 0.2) is 0 Å². The van der Waals surface area contributed by atoms with E-state index in [2.05, 4.69) is 11.9 Å². The van der Waals surface area contributed by atoms with Gasteiger partial charge in [0.1, 0.15) is 6.54 Å². The van der Waals surface area contributed by atoms with Crippen LogP contribution >= 0.6 is 11.6 Å². The summed E-state index contributed by atoms with van der Waals surface area (Å²) in [5.41, 5.74) is 0.642. The molecule has 2 aromatic carbocycles. The van der Waals surface area contributed by atoms with Gasteiger partial charge in [-0.3, -0.25) is 14.4 Å². The molecule has 0 aromatic heterocycles. The second-order valence-corrected chi connectivity index (χ2v) is 6.38. The minimum Gasteiger partial charge on any atom is -0.330 e. The van der Waals surface area contributed by atoms with Gasteiger partial charge in [0, 0.05) is 34.6 Å². The highest BCUT2D eigenvalue weighted by atomic mass is 35.5. The number of hydrogen-bond acceptors (Lipinski definition) is 3. The molecule has 1 aliphatic heterocycles. The lowest BCUT2D eigenvalue weighted by Gasteiger charge is -2.33. The smallest absolute Gasteiger partial charge is 0.246 e. The quantitative estimate of drug-likeness (QED) is 0.838. The van der Waals surface area contributed by atoms with Gasteiger partial charge in [0.05, 0.1) is 6.54 Å². The number of amides is 3. The number of halogens is 1. The Balaban J connectivity index is 1.67. The lowest BCUT2D eigenvalue weighted by molar-refractivity contribution is -0.144. The van der Waals surface area contributed by atoms with E-state index in [0.29, 0.717) is 23.8 Å². The number of carbonyl (C=O) groups is 3. The first-order valence-electron chi connectivity index (χ1n) is 8.16. The normalized spacial score (nSPS) is 14.4. The van der Waals surface area contributed by atoms with E-state index in [4.69, 9.17) is 11.6 Å². The summed E-state index contributed by atoms with van der Waals surface area (Å²) in [5, 5.41) is 5.13. The average Bonchev–Trinajstić information content (AvgIpc) is 2.63. The molecule has 6 nitrogen and oxygen atoms in total. The minimum atomic E-state index is -0.297. The molecule has 1 aliphatic rings. The highest BCUT2D eigenvalue weighted by molar-refractivity contribution is 6.36. The molecule has 1 saturated heterocycles. The van der Waals surface area contributed by atoms with Crippen molar-refractivity contribution in [3.63, 3.8) is 0 Å². The Kier molecular flexibility index (Phi) is 5.23. The summed E-state index contributed by atoms with van der Waals surface area (Å²) in [7, 11) is 0. The van der Waals surface area contributed by atoms with Crippen LogP contribution in [-0.2, 0) is 14.4 Å². The van der Waals surface area contributed by atoms with Crippen LogP contribution < -0.4 is 5.32 Å². The van der Waals surface area contributed by atoms with E-state index in [-0.39, 0.29) is 30.8 Å². The van der Waals surface area contributed by atoms with E-state index >= 15 is 0 Å². The van der Waals surface area contributed by atoms with Crippen LogP contribution in [0.25, 0.3) is 10.8 Å². The van der Waals surface area contributed by atoms with E-state index < -0.39 is 0 Å². The molecule has 3 rings (SSSR count). The van der Waals surface area contributed by atoms with Gasteiger partial charge in [0.25, 0.3) is 0 Å². The van der Waals surface area contributed by atoms with Crippen LogP contribution in [0.15, 0.2) is 49.1 Å². The number of rotatable bonds is 4. The summed E-state index contributed by atoms with van der Waals surface area (Å²) in [6.07, 6.45) is 1.18. The standard InChI is InChI=1S/C19H18ClN3O3/c1-2-18(25)23-10-9-22(19(26)12-23)11-17(24)21-16-8-4-5-13-14(16)6-3-7-15(13)20/h2-8H,1,9-12H2,(H,21,24). The third kappa shape index (κ3) is 3.70. The number of nitrogens with one attached hydrogen (secondary N) is 1. The van der Waals surface area contributed by atoms with Gasteiger partial charge < -0.3 is 15.1 Å². The molecule has 26 heavy (non-hydrogen) atoms. The van der Waals surface area contributed by atoms with Crippen molar-refractivity contribution >= 4 is 45.8 Å². The van der Waals surface area contributed by atoms with Gasteiger partial charge in [-0.1, -0.05) is 42.4 Å². The van der Waals surface area contributed by atoms with E-state index in [1.165, 1.54) is 15.9 Å². The first-order valence-corrected chi connectivity index (χ1v) is 8.53. The molecule has 7 heteroatoms. The van der Waals surface area contributed by atoms with Crippen LogP contribution in [0, 0.1) is 0 Å². The summed E-state index contributed by atoms with van der Waals surface area (Å²) in [6, 6.07) is 11.0. The third-order valence-electron chi connectivity index (χ3n) is 4.28. The summed E-state index contributed by atoms with van der Waals surface area (Å²) >= 11 is 6.19. The molecule has 0 spiro atoms. The molecule has 1 fully saturated rings. The van der Waals surface area contributed by atoms with Crippen molar-refractivity contribution in [2.24, 2.45) is 0 Å². The van der Waals surface area contributed by atoms with Gasteiger partial charge in [-0.05, 0) is 18.2 Å². The number of piperazine rings is 1. The Bertz CT molecular complexity index is 897. The zero-order valence-corrected chi connectivity index (χ0v) is 14.8. The van der Waals surface area contributed by atoms with Crippen molar-refractivity contribution in [2.45, 2.75) is 0 Å². The van der Waals surface area contributed by atoms with Crippen LogP contribution in [0.3, 0.4) is 0 Å². The molecule has 134 valence electrons. The number of hydrogen-bond donors (Lipinski definition) is 1. The zero-order chi connectivity index (χ0) is 18.7. The maximum Gasteiger partial charge on any atom is 0.246 e. The lowest BCUT2D eigenvalue weighted by Crippen LogP contribution is -2.53. The molecule has 3 amide bonds. The van der Waals surface area contributed by atoms with Crippen molar-refractivity contribution in [2.75, 3.05) is 31.5 Å². The molecule has 0 unspecified atom stereocenters. The summed E-state index contributed by atoms with van der Waals surface area (Å²) in [4.78, 5) is 39.0. The Morgan fingerprint density at radius 1 is 1.15 bits per heavy atom. The van der Waals surface area contributed by atoms with Crippen molar-refractivity contribution < 1.29 is 14.4 Å². The highest BCUT2D eigenvalue weighted by Crippen LogP contribution is 2.28. The van der Waals surface area contributed by atoms with E-state index in [0.717, 1.165) is 10.8 Å². The summed E-state index contributed by atoms with van der Waals surface area (Å²) in [5.74, 6) is -0.841. The molecule has 0 bridgehead atoms. The third-order valence-corrected chi connectivity index (χ3v) is 4.61. The van der Waals surface area contributed by atoms with E-state index in [1.54, 1.807) is 12.1 Å². The van der Waals surface area contributed by atoms with Crippen molar-refractivity contribution in [3.05, 3.63) is 54.1 Å². The molecular formula is C19H18ClN3O3. The fourth-order valence-corrected chi connectivity index (χ4v) is 3.17. The van der Waals surface area contributed by atoms with Crippen molar-refractivity contribution in [1.82, 2.24) is 9.80 Å². The number of benzene rings is 2. The van der Waals surface area contributed by atoms with Gasteiger partial charge in [-0.2, -0.15) is 0 Å². The van der Waals surface area contributed by atoms with Crippen LogP contribution in [0.4, 0.5) is 5.69 Å². The number of carbonyl (C=O) groups excluding carboxylic acids is 3. The molecule has 2 aromatic rings. The van der Waals surface area contributed by atoms with E-state index in [9.17, 15) is 14.4 Å². The van der Waals surface area contributed by atoms with Gasteiger partial charge >= 0.3 is 0 Å². The number of nitrogens with zero attached hydrogens (tertiary/aromatic N) is 2. The molecule has 0 saturated carbocycles. The average molecular weight is 372 g/mol. The fraction of sp³-hybridized carbons (Fsp3) is 0.211. The Labute approximate surface area is 156 Å². The summed E-state index contributed by atoms with van der Waals surface area (Å²) < 4.78 is 0. The van der Waals surface area contributed by atoms with Crippen LogP contribution in [0.2, 0.25) is 5.02 Å². The second kappa shape index (κ2) is 7.58. The van der Waals surface area contributed by atoms with Gasteiger partial charge in [-0.15, -0.1) is 0 Å². The first-order chi connectivity index (χ1) is 12.5. The van der Waals surface area contributed by atoms with E-state index in [1.807, 2.05) is 24.3 Å². The molecule has 0 radical (unpaired) electrons. The van der Waals surface area contributed by atoms with Gasteiger partial charge in [0.2, 0.25) is 17.7 Å². The van der Waals surface area contributed by atoms with Crippen LogP contribution in [0.5, 0.6) is 0 Å². The van der Waals surface area contributed by atoms with Crippen LogP contribution in [-0.4, -0.2) is 53.7 Å². The molecule has 0 aliphatic carbocycles. The Morgan fingerprint density at radius 2 is 1.88 bits per heavy atom. The fourth-order valence-electron chi connectivity index (χ4n) is 2.94. The maximum atomic E-state index is 12.4. The Morgan fingerprint density at radius 3 is 2.62 bits per heavy atom. The highest BCUT2D eigenvalue weighted by Gasteiger charge is 2.27. The predicted molar refractivity (Wildman–Crippen MR) is 101 cm³/mol. The molecule has 1 N–H and O–H groups in total. The largest absolute Gasteiger partial charge is 0.330 e. The monoisotopic (exact) mass is 371 g/mol. The second-order valence-electron chi connectivity index (χ2n) is 5.97. The molecule has 0 atom stereocenters. The lowest BCUT2D eigenvalue weighted by atomic mass is 10.1. The summed E-state index contributed by atoms with van der Waals surface area (Å²) in [6.45, 7) is 4.01. The SMILES string of the molecule is C=CC(=O)N1CCN(CC(=O)Nc2cccc3c(Cl)cccc23)C(=O)C1. The van der Waals surface area contributed by atoms with Gasteiger partial charge in [-0.25, -0.2) is 0 Å². The maximum absolute atomic E-state index is 12.4. The van der Waals surface area contributed by atoms with Crippen LogP contribution in [0.1, 0.15) is 0 Å². The first kappa shape index (κ1) is 17.9. The molecule has 1 heterocycles. The van der Waals surface area contributed by atoms with Crippen molar-refractivity contribution in [1.29, 1.82) is 0 Å².